The highest BCUT2D eigenvalue weighted by atomic mass is 18.2. The number of rotatable bonds is 4. The Morgan fingerprint density at radius 3 is 2.30 bits per heavy atom. The highest BCUT2D eigenvalue weighted by Gasteiger charge is 2.24. The Hall–Kier alpha value is -0.520. The summed E-state index contributed by atoms with van der Waals surface area (Å²) in [6, 6.07) is 0. The fourth-order valence-corrected chi connectivity index (χ4v) is 0.401. The van der Waals surface area contributed by atoms with Gasteiger partial charge in [0, 0.05) is 0 Å². The Morgan fingerprint density at radius 1 is 1.50 bits per heavy atom. The highest BCUT2D eigenvalue weighted by Crippen LogP contribution is 2.00. The molecule has 60 valence electrons. The quantitative estimate of drug-likeness (QED) is 0.416. The van der Waals surface area contributed by atoms with Gasteiger partial charge in [0.25, 0.3) is 0 Å². The average molecular weight is 151 g/mol. The van der Waals surface area contributed by atoms with E-state index in [-0.39, 0.29) is 6.29 Å². The van der Waals surface area contributed by atoms with Crippen molar-refractivity contribution in [1.29, 1.82) is 0 Å². The van der Waals surface area contributed by atoms with E-state index in [1.807, 2.05) is 0 Å². The van der Waals surface area contributed by atoms with Crippen molar-refractivity contribution in [2.24, 2.45) is 0 Å². The van der Waals surface area contributed by atoms with E-state index >= 15 is 0 Å². The smallest absolute Gasteiger partial charge is 0.183 e. The first-order chi connectivity index (χ1) is 4.63. The molecule has 0 spiro atoms. The molecule has 0 saturated carbocycles. The molecule has 10 heavy (non-hydrogen) atoms. The van der Waals surface area contributed by atoms with Gasteiger partial charge in [0.15, 0.2) is 12.5 Å². The predicted octanol–water partition coefficient (Wildman–Crippen LogP) is -1.76. The Kier molecular flexibility index (Phi) is 4.10. The van der Waals surface area contributed by atoms with E-state index < -0.39 is 25.0 Å². The standard InChI is InChI=1S/C5H9FO4/c6-3(1-7)5(10)4(9)2-8/h1,3-5,8-10H,2H2/t3-,4-,5+/m1/s1/i6-1. The molecule has 3 atom stereocenters. The van der Waals surface area contributed by atoms with Crippen LogP contribution in [0.4, 0.5) is 4.39 Å². The molecule has 0 saturated heterocycles. The van der Waals surface area contributed by atoms with Crippen molar-refractivity contribution in [3.63, 3.8) is 0 Å². The summed E-state index contributed by atoms with van der Waals surface area (Å²) in [5.41, 5.74) is 0. The lowest BCUT2D eigenvalue weighted by Crippen LogP contribution is -2.37. The lowest BCUT2D eigenvalue weighted by Gasteiger charge is -2.14. The summed E-state index contributed by atoms with van der Waals surface area (Å²) in [6.45, 7) is -0.768. The zero-order chi connectivity index (χ0) is 8.15. The van der Waals surface area contributed by atoms with Crippen LogP contribution in [0.3, 0.4) is 0 Å². The van der Waals surface area contributed by atoms with Gasteiger partial charge in [-0.15, -0.1) is 0 Å². The molecule has 0 aromatic rings. The normalized spacial score (nSPS) is 19.6. The average Bonchev–Trinajstić information content (AvgIpc) is 2.00. The van der Waals surface area contributed by atoms with Gasteiger partial charge in [-0.25, -0.2) is 4.39 Å². The van der Waals surface area contributed by atoms with Gasteiger partial charge < -0.3 is 20.1 Å². The van der Waals surface area contributed by atoms with Crippen LogP contribution >= 0.6 is 0 Å². The molecule has 3 N–H and O–H groups in total. The first kappa shape index (κ1) is 9.48. The Labute approximate surface area is 56.9 Å². The molecule has 5 heteroatoms. The lowest BCUT2D eigenvalue weighted by molar-refractivity contribution is -0.120. The maximum atomic E-state index is 12.1. The van der Waals surface area contributed by atoms with Crippen LogP contribution in [0.15, 0.2) is 0 Å². The molecular weight excluding hydrogens is 142 g/mol. The molecular formula is C5H9FO4. The summed E-state index contributed by atoms with van der Waals surface area (Å²) < 4.78 is 12.1. The van der Waals surface area contributed by atoms with E-state index in [0.29, 0.717) is 0 Å². The first-order valence-corrected chi connectivity index (χ1v) is 2.69. The molecule has 0 radical (unpaired) electrons. The third kappa shape index (κ3) is 2.38. The molecule has 0 aromatic carbocycles. The van der Waals surface area contributed by atoms with Gasteiger partial charge in [0.1, 0.15) is 12.2 Å². The van der Waals surface area contributed by atoms with Gasteiger partial charge in [0.2, 0.25) is 0 Å². The molecule has 0 bridgehead atoms. The van der Waals surface area contributed by atoms with Crippen LogP contribution in [-0.4, -0.2) is 46.6 Å². The molecule has 0 aliphatic rings. The minimum atomic E-state index is -2.14. The Bertz CT molecular complexity index is 108. The maximum Gasteiger partial charge on any atom is 0.183 e. The molecule has 0 rings (SSSR count). The number of aliphatic hydroxyl groups excluding tert-OH is 3. The summed E-state index contributed by atoms with van der Waals surface area (Å²) in [5, 5.41) is 25.3. The number of aliphatic hydroxyl groups is 3. The maximum absolute atomic E-state index is 12.1. The third-order valence-corrected chi connectivity index (χ3v) is 1.04. The van der Waals surface area contributed by atoms with Crippen molar-refractivity contribution in [2.75, 3.05) is 6.61 Å². The molecule has 0 heterocycles. The van der Waals surface area contributed by atoms with Crippen LogP contribution in [0.2, 0.25) is 0 Å². The van der Waals surface area contributed by atoms with E-state index in [1.165, 1.54) is 0 Å². The molecule has 0 unspecified atom stereocenters. The van der Waals surface area contributed by atoms with Crippen LogP contribution in [0, 0.1) is 0 Å². The van der Waals surface area contributed by atoms with Gasteiger partial charge in [-0.05, 0) is 0 Å². The number of carbonyl (C=O) groups is 1. The molecule has 0 aliphatic heterocycles. The van der Waals surface area contributed by atoms with Gasteiger partial charge in [-0.3, -0.25) is 0 Å². The minimum absolute atomic E-state index is 0.135. The lowest BCUT2D eigenvalue weighted by atomic mass is 10.1. The number of carbonyl (C=O) groups excluding carboxylic acids is 1. The summed E-state index contributed by atoms with van der Waals surface area (Å²) in [5.74, 6) is 0. The molecule has 0 fully saturated rings. The number of halogens is 1. The van der Waals surface area contributed by atoms with Gasteiger partial charge >= 0.3 is 0 Å². The molecule has 0 aliphatic carbocycles. The predicted molar refractivity (Wildman–Crippen MR) is 30.1 cm³/mol. The second kappa shape index (κ2) is 4.32. The third-order valence-electron chi connectivity index (χ3n) is 1.04. The topological polar surface area (TPSA) is 77.8 Å². The van der Waals surface area contributed by atoms with Crippen LogP contribution in [0.25, 0.3) is 0 Å². The number of aldehydes is 1. The summed E-state index contributed by atoms with van der Waals surface area (Å²) in [6.07, 6.45) is -5.70. The van der Waals surface area contributed by atoms with Crippen molar-refractivity contribution < 1.29 is 24.5 Å². The SMILES string of the molecule is O=C[C@@H]([18F])[C@H](O)[C@H](O)CO. The van der Waals surface area contributed by atoms with Crippen LogP contribution in [0.5, 0.6) is 0 Å². The zero-order valence-electron chi connectivity index (χ0n) is 5.14. The van der Waals surface area contributed by atoms with Crippen LogP contribution < -0.4 is 0 Å². The van der Waals surface area contributed by atoms with Crippen LogP contribution in [0.1, 0.15) is 0 Å². The van der Waals surface area contributed by atoms with Crippen LogP contribution in [-0.2, 0) is 4.79 Å². The zero-order valence-corrected chi connectivity index (χ0v) is 5.14. The number of alkyl halides is 1. The Balaban J connectivity index is 3.80. The fraction of sp³-hybridized carbons (Fsp3) is 0.800. The second-order valence-electron chi connectivity index (χ2n) is 1.82. The molecule has 0 amide bonds. The van der Waals surface area contributed by atoms with Gasteiger partial charge in [-0.2, -0.15) is 0 Å². The highest BCUT2D eigenvalue weighted by molar-refractivity contribution is 5.56. The molecule has 0 aromatic heterocycles. The second-order valence-corrected chi connectivity index (χ2v) is 1.82. The van der Waals surface area contributed by atoms with Crippen molar-refractivity contribution in [1.82, 2.24) is 0 Å². The van der Waals surface area contributed by atoms with Crippen molar-refractivity contribution in [3.05, 3.63) is 0 Å². The fourth-order valence-electron chi connectivity index (χ4n) is 0.401. The monoisotopic (exact) mass is 151 g/mol. The largest absolute Gasteiger partial charge is 0.394 e. The number of hydrogen-bond donors (Lipinski definition) is 3. The van der Waals surface area contributed by atoms with Gasteiger partial charge in [0.05, 0.1) is 6.61 Å². The van der Waals surface area contributed by atoms with E-state index in [0.717, 1.165) is 0 Å². The van der Waals surface area contributed by atoms with E-state index in [9.17, 15) is 9.18 Å². The van der Waals surface area contributed by atoms with Crippen molar-refractivity contribution in [2.45, 2.75) is 18.4 Å². The first-order valence-electron chi connectivity index (χ1n) is 2.69. The summed E-state index contributed by atoms with van der Waals surface area (Å²) >= 11 is 0. The molecule has 4 nitrogen and oxygen atoms in total. The van der Waals surface area contributed by atoms with Crippen molar-refractivity contribution in [3.8, 4) is 0 Å². The number of hydrogen-bond acceptors (Lipinski definition) is 4. The van der Waals surface area contributed by atoms with E-state index in [2.05, 4.69) is 0 Å². The minimum Gasteiger partial charge on any atom is -0.394 e. The van der Waals surface area contributed by atoms with E-state index in [4.69, 9.17) is 15.3 Å². The summed E-state index contributed by atoms with van der Waals surface area (Å²) in [7, 11) is 0. The Morgan fingerprint density at radius 2 is 2.00 bits per heavy atom. The van der Waals surface area contributed by atoms with Gasteiger partial charge in [-0.1, -0.05) is 0 Å². The van der Waals surface area contributed by atoms with E-state index in [1.54, 1.807) is 0 Å². The van der Waals surface area contributed by atoms with Crippen molar-refractivity contribution >= 4 is 6.29 Å². The summed E-state index contributed by atoms with van der Waals surface area (Å²) in [4.78, 5) is 9.64.